The Kier molecular flexibility index (Phi) is 4.40. The third-order valence-corrected chi connectivity index (χ3v) is 2.55. The highest BCUT2D eigenvalue weighted by Crippen LogP contribution is 2.37. The van der Waals surface area contributed by atoms with E-state index in [9.17, 15) is 0 Å². The maximum atomic E-state index is 5.92. The first-order chi connectivity index (χ1) is 7.54. The van der Waals surface area contributed by atoms with Crippen LogP contribution in [0.5, 0.6) is 5.75 Å². The normalized spacial score (nSPS) is 15.8. The molecular weight excluding hydrogens is 196 g/mol. The average Bonchev–Trinajstić information content (AvgIpc) is 2.52. The lowest BCUT2D eigenvalue weighted by molar-refractivity contribution is 0.137. The number of aryl methyl sites for hydroxylation is 1. The van der Waals surface area contributed by atoms with Crippen molar-refractivity contribution in [3.63, 3.8) is 0 Å². The standard InChI is InChI=1S/C12H16O.C3H8/c1-4-9-6-5-7-10-8-12(2,3)13-11(9)10;1-3-2/h5-7H,4,8H2,1-3H3;3H2,1-2H3. The van der Waals surface area contributed by atoms with Gasteiger partial charge >= 0.3 is 0 Å². The summed E-state index contributed by atoms with van der Waals surface area (Å²) in [6, 6.07) is 6.45. The van der Waals surface area contributed by atoms with E-state index in [4.69, 9.17) is 4.74 Å². The molecule has 1 nitrogen and oxygen atoms in total. The molecule has 16 heavy (non-hydrogen) atoms. The zero-order chi connectivity index (χ0) is 12.2. The summed E-state index contributed by atoms with van der Waals surface area (Å²) in [6.07, 6.45) is 3.34. The highest BCUT2D eigenvalue weighted by atomic mass is 16.5. The second-order valence-corrected chi connectivity index (χ2v) is 5.00. The van der Waals surface area contributed by atoms with Crippen molar-refractivity contribution in [2.24, 2.45) is 0 Å². The second-order valence-electron chi connectivity index (χ2n) is 5.00. The SMILES string of the molecule is CCC.CCc1cccc2c1OC(C)(C)C2. The van der Waals surface area contributed by atoms with E-state index in [1.54, 1.807) is 0 Å². The molecule has 1 heteroatoms. The van der Waals surface area contributed by atoms with Gasteiger partial charge in [-0.15, -0.1) is 0 Å². The van der Waals surface area contributed by atoms with E-state index in [0.717, 1.165) is 18.6 Å². The smallest absolute Gasteiger partial charge is 0.126 e. The Balaban J connectivity index is 0.000000386. The molecule has 1 aliphatic heterocycles. The van der Waals surface area contributed by atoms with Crippen LogP contribution in [-0.2, 0) is 12.8 Å². The minimum absolute atomic E-state index is 0.00634. The fourth-order valence-corrected chi connectivity index (χ4v) is 1.96. The van der Waals surface area contributed by atoms with Crippen molar-refractivity contribution in [2.45, 2.75) is 59.5 Å². The quantitative estimate of drug-likeness (QED) is 0.682. The molecule has 0 amide bonds. The van der Waals surface area contributed by atoms with Gasteiger partial charge in [-0.2, -0.15) is 0 Å². The van der Waals surface area contributed by atoms with Gasteiger partial charge in [0.05, 0.1) is 0 Å². The molecule has 1 aromatic carbocycles. The van der Waals surface area contributed by atoms with Gasteiger partial charge in [-0.25, -0.2) is 0 Å². The van der Waals surface area contributed by atoms with Crippen molar-refractivity contribution in [1.82, 2.24) is 0 Å². The molecule has 0 N–H and O–H groups in total. The Morgan fingerprint density at radius 3 is 2.38 bits per heavy atom. The molecule has 0 atom stereocenters. The van der Waals surface area contributed by atoms with E-state index >= 15 is 0 Å². The fourth-order valence-electron chi connectivity index (χ4n) is 1.96. The van der Waals surface area contributed by atoms with Crippen LogP contribution in [0.15, 0.2) is 18.2 Å². The van der Waals surface area contributed by atoms with Gasteiger partial charge in [0.1, 0.15) is 11.4 Å². The molecular formula is C15H24O. The van der Waals surface area contributed by atoms with Gasteiger partial charge in [0.25, 0.3) is 0 Å². The Morgan fingerprint density at radius 2 is 1.81 bits per heavy atom. The third kappa shape index (κ3) is 3.01. The first-order valence-corrected chi connectivity index (χ1v) is 6.33. The van der Waals surface area contributed by atoms with Crippen LogP contribution in [0.3, 0.4) is 0 Å². The summed E-state index contributed by atoms with van der Waals surface area (Å²) < 4.78 is 5.92. The summed E-state index contributed by atoms with van der Waals surface area (Å²) in [7, 11) is 0. The molecule has 0 fully saturated rings. The van der Waals surface area contributed by atoms with Crippen molar-refractivity contribution < 1.29 is 4.74 Å². The molecule has 0 unspecified atom stereocenters. The highest BCUT2D eigenvalue weighted by Gasteiger charge is 2.30. The molecule has 0 saturated heterocycles. The fraction of sp³-hybridized carbons (Fsp3) is 0.600. The van der Waals surface area contributed by atoms with Crippen LogP contribution in [0.25, 0.3) is 0 Å². The molecule has 0 saturated carbocycles. The van der Waals surface area contributed by atoms with E-state index in [0.29, 0.717) is 0 Å². The van der Waals surface area contributed by atoms with Gasteiger partial charge in [-0.1, -0.05) is 45.4 Å². The summed E-state index contributed by atoms with van der Waals surface area (Å²) in [5, 5.41) is 0. The average molecular weight is 220 g/mol. The van der Waals surface area contributed by atoms with E-state index < -0.39 is 0 Å². The van der Waals surface area contributed by atoms with Crippen LogP contribution in [0, 0.1) is 0 Å². The van der Waals surface area contributed by atoms with Gasteiger partial charge < -0.3 is 4.74 Å². The number of ether oxygens (including phenoxy) is 1. The van der Waals surface area contributed by atoms with Gasteiger partial charge in [-0.3, -0.25) is 0 Å². The molecule has 1 aliphatic rings. The first kappa shape index (κ1) is 13.1. The van der Waals surface area contributed by atoms with Crippen molar-refractivity contribution in [3.05, 3.63) is 29.3 Å². The van der Waals surface area contributed by atoms with E-state index in [2.05, 4.69) is 52.8 Å². The summed E-state index contributed by atoms with van der Waals surface area (Å²) >= 11 is 0. The molecule has 0 bridgehead atoms. The lowest BCUT2D eigenvalue weighted by Crippen LogP contribution is -2.24. The Bertz CT molecular complexity index is 339. The predicted molar refractivity (Wildman–Crippen MR) is 70.2 cm³/mol. The van der Waals surface area contributed by atoms with Crippen LogP contribution in [0.1, 0.15) is 52.2 Å². The monoisotopic (exact) mass is 220 g/mol. The largest absolute Gasteiger partial charge is 0.487 e. The molecule has 2 rings (SSSR count). The zero-order valence-electron chi connectivity index (χ0n) is 11.3. The zero-order valence-corrected chi connectivity index (χ0v) is 11.3. The Hall–Kier alpha value is -0.980. The number of rotatable bonds is 1. The van der Waals surface area contributed by atoms with Gasteiger partial charge in [0.2, 0.25) is 0 Å². The van der Waals surface area contributed by atoms with Crippen LogP contribution in [0.4, 0.5) is 0 Å². The van der Waals surface area contributed by atoms with Crippen LogP contribution in [0.2, 0.25) is 0 Å². The number of hydrogen-bond acceptors (Lipinski definition) is 1. The molecule has 0 aromatic heterocycles. The second kappa shape index (κ2) is 5.38. The summed E-state index contributed by atoms with van der Waals surface area (Å²) in [6.45, 7) is 10.7. The maximum absolute atomic E-state index is 5.92. The van der Waals surface area contributed by atoms with Crippen molar-refractivity contribution in [3.8, 4) is 5.75 Å². The topological polar surface area (TPSA) is 9.23 Å². The number of hydrogen-bond donors (Lipinski definition) is 0. The van der Waals surface area contributed by atoms with Crippen LogP contribution in [-0.4, -0.2) is 5.60 Å². The first-order valence-electron chi connectivity index (χ1n) is 6.33. The number of para-hydroxylation sites is 1. The van der Waals surface area contributed by atoms with Crippen LogP contribution < -0.4 is 4.74 Å². The highest BCUT2D eigenvalue weighted by molar-refractivity contribution is 5.45. The van der Waals surface area contributed by atoms with Crippen molar-refractivity contribution in [2.75, 3.05) is 0 Å². The number of fused-ring (bicyclic) bond motifs is 1. The molecule has 0 spiro atoms. The lowest BCUT2D eigenvalue weighted by Gasteiger charge is -2.17. The molecule has 0 radical (unpaired) electrons. The maximum Gasteiger partial charge on any atom is 0.126 e. The van der Waals surface area contributed by atoms with Gasteiger partial charge in [0, 0.05) is 6.42 Å². The molecule has 90 valence electrons. The predicted octanol–water partition coefficient (Wildman–Crippen LogP) is 4.38. The van der Waals surface area contributed by atoms with E-state index in [1.807, 2.05) is 0 Å². The third-order valence-electron chi connectivity index (χ3n) is 2.55. The number of benzene rings is 1. The summed E-state index contributed by atoms with van der Waals surface area (Å²) in [5.41, 5.74) is 2.69. The van der Waals surface area contributed by atoms with Crippen molar-refractivity contribution >= 4 is 0 Å². The lowest BCUT2D eigenvalue weighted by atomic mass is 10.00. The van der Waals surface area contributed by atoms with Gasteiger partial charge in [0.15, 0.2) is 0 Å². The van der Waals surface area contributed by atoms with E-state index in [1.165, 1.54) is 17.5 Å². The molecule has 1 aromatic rings. The summed E-state index contributed by atoms with van der Waals surface area (Å²) in [5.74, 6) is 1.13. The van der Waals surface area contributed by atoms with E-state index in [-0.39, 0.29) is 5.60 Å². The Morgan fingerprint density at radius 1 is 1.19 bits per heavy atom. The van der Waals surface area contributed by atoms with Crippen LogP contribution >= 0.6 is 0 Å². The molecule has 0 aliphatic carbocycles. The molecule has 1 heterocycles. The summed E-state index contributed by atoms with van der Waals surface area (Å²) in [4.78, 5) is 0. The minimum atomic E-state index is -0.00634. The minimum Gasteiger partial charge on any atom is -0.487 e. The van der Waals surface area contributed by atoms with Gasteiger partial charge in [-0.05, 0) is 31.4 Å². The Labute approximate surface area is 99.8 Å². The van der Waals surface area contributed by atoms with Crippen molar-refractivity contribution in [1.29, 1.82) is 0 Å².